The molecule has 0 spiro atoms. The molecule has 7 heteroatoms. The molecule has 2 fully saturated rings. The predicted octanol–water partition coefficient (Wildman–Crippen LogP) is 3.48. The van der Waals surface area contributed by atoms with Crippen LogP contribution in [0.1, 0.15) is 45.6 Å². The van der Waals surface area contributed by atoms with Gasteiger partial charge in [0.25, 0.3) is 5.92 Å². The van der Waals surface area contributed by atoms with Crippen molar-refractivity contribution in [3.8, 4) is 0 Å². The second-order valence-electron chi connectivity index (χ2n) is 9.18. The highest BCUT2D eigenvalue weighted by atomic mass is 19.3. The number of benzene rings is 1. The molecule has 29 heavy (non-hydrogen) atoms. The van der Waals surface area contributed by atoms with E-state index in [1.807, 2.05) is 30.3 Å². The van der Waals surface area contributed by atoms with Gasteiger partial charge in [-0.3, -0.25) is 14.5 Å². The Morgan fingerprint density at radius 1 is 1.21 bits per heavy atom. The van der Waals surface area contributed by atoms with Gasteiger partial charge >= 0.3 is 5.97 Å². The molecular formula is C22H30F2N2O3. The monoisotopic (exact) mass is 408 g/mol. The number of amides is 1. The predicted molar refractivity (Wildman–Crippen MR) is 105 cm³/mol. The van der Waals surface area contributed by atoms with E-state index in [4.69, 9.17) is 4.74 Å². The minimum Gasteiger partial charge on any atom is -0.460 e. The molecule has 1 aromatic carbocycles. The number of rotatable bonds is 5. The molecule has 2 saturated heterocycles. The number of hydrogen-bond acceptors (Lipinski definition) is 4. The average Bonchev–Trinajstić information content (AvgIpc) is 2.98. The van der Waals surface area contributed by atoms with Crippen molar-refractivity contribution in [2.45, 2.75) is 64.1 Å². The summed E-state index contributed by atoms with van der Waals surface area (Å²) in [5, 5.41) is 0. The van der Waals surface area contributed by atoms with E-state index in [0.717, 1.165) is 5.56 Å². The number of likely N-dealkylation sites (tertiary alicyclic amines) is 2. The molecule has 0 N–H and O–H groups in total. The topological polar surface area (TPSA) is 49.9 Å². The summed E-state index contributed by atoms with van der Waals surface area (Å²) in [5.74, 6) is -3.72. The van der Waals surface area contributed by atoms with Gasteiger partial charge in [-0.2, -0.15) is 0 Å². The summed E-state index contributed by atoms with van der Waals surface area (Å²) in [6.45, 7) is 6.52. The number of carbonyl (C=O) groups is 2. The fraction of sp³-hybridized carbons (Fsp3) is 0.636. The van der Waals surface area contributed by atoms with Gasteiger partial charge in [0.2, 0.25) is 5.91 Å². The summed E-state index contributed by atoms with van der Waals surface area (Å²) >= 11 is 0. The molecule has 0 radical (unpaired) electrons. The van der Waals surface area contributed by atoms with E-state index in [0.29, 0.717) is 19.6 Å². The van der Waals surface area contributed by atoms with Gasteiger partial charge in [-0.25, -0.2) is 8.78 Å². The van der Waals surface area contributed by atoms with Gasteiger partial charge in [-0.05, 0) is 26.3 Å². The molecule has 2 aliphatic heterocycles. The van der Waals surface area contributed by atoms with Crippen LogP contribution in [-0.2, 0) is 20.9 Å². The number of piperidine rings is 1. The third-order valence-electron chi connectivity index (χ3n) is 5.41. The number of halogens is 2. The lowest BCUT2D eigenvalue weighted by molar-refractivity contribution is -0.159. The normalized spacial score (nSPS) is 25.3. The highest BCUT2D eigenvalue weighted by molar-refractivity contribution is 5.78. The zero-order chi connectivity index (χ0) is 21.2. The van der Waals surface area contributed by atoms with Crippen LogP contribution in [0.4, 0.5) is 8.78 Å². The molecule has 160 valence electrons. The molecule has 2 atom stereocenters. The van der Waals surface area contributed by atoms with Crippen LogP contribution in [0, 0.1) is 5.92 Å². The molecule has 1 amide bonds. The lowest BCUT2D eigenvalue weighted by Crippen LogP contribution is -2.53. The minimum atomic E-state index is -2.88. The number of nitrogens with zero attached hydrogens (tertiary/aromatic N) is 2. The van der Waals surface area contributed by atoms with E-state index in [-0.39, 0.29) is 30.6 Å². The summed E-state index contributed by atoms with van der Waals surface area (Å²) in [7, 11) is 0. The van der Waals surface area contributed by atoms with Crippen molar-refractivity contribution in [3.05, 3.63) is 35.9 Å². The standard InChI is InChI=1S/C22H30F2N2O3/c1-21(2,3)29-20(28)11-17-13-25(12-16-7-5-4-6-8-16)14-18(17)26-15-22(23,24)10-9-19(26)27/h4-8,17-18H,9-15H2,1-3H3/t17-,18-/m0/s1. The quantitative estimate of drug-likeness (QED) is 0.700. The number of alkyl halides is 2. The number of ether oxygens (including phenoxy) is 1. The van der Waals surface area contributed by atoms with Crippen molar-refractivity contribution in [2.75, 3.05) is 19.6 Å². The van der Waals surface area contributed by atoms with Crippen molar-refractivity contribution in [1.29, 1.82) is 0 Å². The lowest BCUT2D eigenvalue weighted by atomic mass is 9.95. The van der Waals surface area contributed by atoms with Crippen molar-refractivity contribution in [3.63, 3.8) is 0 Å². The zero-order valence-corrected chi connectivity index (χ0v) is 17.4. The average molecular weight is 408 g/mol. The van der Waals surface area contributed by atoms with Crippen LogP contribution in [0.5, 0.6) is 0 Å². The van der Waals surface area contributed by atoms with Gasteiger partial charge in [-0.15, -0.1) is 0 Å². The lowest BCUT2D eigenvalue weighted by Gasteiger charge is -2.38. The first-order valence-corrected chi connectivity index (χ1v) is 10.2. The molecular weight excluding hydrogens is 378 g/mol. The Hall–Kier alpha value is -2.02. The molecule has 3 rings (SSSR count). The molecule has 2 aliphatic rings. The van der Waals surface area contributed by atoms with Crippen molar-refractivity contribution >= 4 is 11.9 Å². The van der Waals surface area contributed by atoms with Crippen molar-refractivity contribution in [1.82, 2.24) is 9.80 Å². The molecule has 0 unspecified atom stereocenters. The highest BCUT2D eigenvalue weighted by Gasteiger charge is 2.46. The number of carbonyl (C=O) groups excluding carboxylic acids is 2. The van der Waals surface area contributed by atoms with E-state index in [9.17, 15) is 18.4 Å². The summed E-state index contributed by atoms with van der Waals surface area (Å²) in [5.41, 5.74) is 0.502. The Morgan fingerprint density at radius 3 is 2.55 bits per heavy atom. The molecule has 1 aromatic rings. The second kappa shape index (κ2) is 8.38. The summed E-state index contributed by atoms with van der Waals surface area (Å²) in [6.07, 6.45) is -0.441. The fourth-order valence-corrected chi connectivity index (χ4v) is 4.22. The van der Waals surface area contributed by atoms with Gasteiger partial charge < -0.3 is 9.64 Å². The summed E-state index contributed by atoms with van der Waals surface area (Å²) < 4.78 is 33.5. The Balaban J connectivity index is 1.75. The summed E-state index contributed by atoms with van der Waals surface area (Å²) in [4.78, 5) is 28.3. The number of esters is 1. The number of hydrogen-bond donors (Lipinski definition) is 0. The van der Waals surface area contributed by atoms with Crippen LogP contribution >= 0.6 is 0 Å². The first-order chi connectivity index (χ1) is 13.5. The second-order valence-corrected chi connectivity index (χ2v) is 9.18. The maximum atomic E-state index is 14.0. The smallest absolute Gasteiger partial charge is 0.306 e. The minimum absolute atomic E-state index is 0.114. The molecule has 2 heterocycles. The van der Waals surface area contributed by atoms with Crippen LogP contribution in [0.15, 0.2) is 30.3 Å². The van der Waals surface area contributed by atoms with Crippen LogP contribution in [0.3, 0.4) is 0 Å². The molecule has 0 aliphatic carbocycles. The Kier molecular flexibility index (Phi) is 6.27. The molecule has 5 nitrogen and oxygen atoms in total. The SMILES string of the molecule is CC(C)(C)OC(=O)C[C@H]1CN(Cc2ccccc2)C[C@@H]1N1CC(F)(F)CCC1=O. The van der Waals surface area contributed by atoms with Crippen LogP contribution in [-0.4, -0.2) is 58.9 Å². The van der Waals surface area contributed by atoms with Crippen LogP contribution in [0.25, 0.3) is 0 Å². The highest BCUT2D eigenvalue weighted by Crippen LogP contribution is 2.34. The third kappa shape index (κ3) is 5.98. The van der Waals surface area contributed by atoms with E-state index in [1.165, 1.54) is 4.90 Å². The van der Waals surface area contributed by atoms with Gasteiger partial charge in [0.15, 0.2) is 0 Å². The van der Waals surface area contributed by atoms with Crippen molar-refractivity contribution < 1.29 is 23.1 Å². The maximum Gasteiger partial charge on any atom is 0.306 e. The Bertz CT molecular complexity index is 733. The van der Waals surface area contributed by atoms with Gasteiger partial charge in [0.05, 0.1) is 13.0 Å². The molecule has 0 aromatic heterocycles. The Labute approximate surface area is 171 Å². The van der Waals surface area contributed by atoms with E-state index in [1.54, 1.807) is 20.8 Å². The molecule has 0 bridgehead atoms. The molecule has 0 saturated carbocycles. The van der Waals surface area contributed by atoms with Gasteiger partial charge in [0, 0.05) is 44.4 Å². The largest absolute Gasteiger partial charge is 0.460 e. The van der Waals surface area contributed by atoms with Gasteiger partial charge in [-0.1, -0.05) is 30.3 Å². The van der Waals surface area contributed by atoms with Crippen LogP contribution in [0.2, 0.25) is 0 Å². The van der Waals surface area contributed by atoms with Crippen LogP contribution < -0.4 is 0 Å². The maximum absolute atomic E-state index is 14.0. The van der Waals surface area contributed by atoms with E-state index in [2.05, 4.69) is 4.90 Å². The van der Waals surface area contributed by atoms with Gasteiger partial charge in [0.1, 0.15) is 5.60 Å². The van der Waals surface area contributed by atoms with E-state index >= 15 is 0 Å². The van der Waals surface area contributed by atoms with E-state index < -0.39 is 30.5 Å². The summed E-state index contributed by atoms with van der Waals surface area (Å²) in [6, 6.07) is 9.46. The first kappa shape index (κ1) is 21.7. The first-order valence-electron chi connectivity index (χ1n) is 10.2. The Morgan fingerprint density at radius 2 is 1.90 bits per heavy atom. The van der Waals surface area contributed by atoms with Crippen molar-refractivity contribution in [2.24, 2.45) is 5.92 Å². The fourth-order valence-electron chi connectivity index (χ4n) is 4.22. The zero-order valence-electron chi connectivity index (χ0n) is 17.4. The third-order valence-corrected chi connectivity index (χ3v) is 5.41.